The van der Waals surface area contributed by atoms with Gasteiger partial charge in [-0.1, -0.05) is 34.6 Å². The van der Waals surface area contributed by atoms with Crippen LogP contribution in [0.25, 0.3) is 0 Å². The normalized spacial score (nSPS) is 16.0. The maximum atomic E-state index is 9.27. The predicted molar refractivity (Wildman–Crippen MR) is 255 cm³/mol. The first-order valence-electron chi connectivity index (χ1n) is 14.8. The maximum absolute atomic E-state index is 9.27. The summed E-state index contributed by atoms with van der Waals surface area (Å²) in [5, 5.41) is 0. The monoisotopic (exact) mass is 1300 g/mol. The summed E-state index contributed by atoms with van der Waals surface area (Å²) < 4.78 is 26.9. The average molecular weight is 1300 g/mol. The molecular weight excluding hydrogens is 1270 g/mol. The van der Waals surface area contributed by atoms with Gasteiger partial charge in [-0.15, -0.1) is 0 Å². The molecule has 0 aromatic heterocycles. The van der Waals surface area contributed by atoms with Crippen LogP contribution in [0.15, 0.2) is 0 Å². The molecule has 0 bridgehead atoms. The molecule has 0 amide bonds. The summed E-state index contributed by atoms with van der Waals surface area (Å²) in [5.41, 5.74) is 0. The number of rotatable bonds is 2. The minimum atomic E-state index is -1.53. The Labute approximate surface area is 450 Å². The van der Waals surface area contributed by atoms with E-state index in [0.29, 0.717) is 34.6 Å². The van der Waals surface area contributed by atoms with Gasteiger partial charge >= 0.3 is 79.6 Å². The quantitative estimate of drug-likeness (QED) is 0.222. The SMILES string of the molecule is S=C([S-])N1CCN(C(=S)[S-])CC1.S=C([S-])N1CCN(C(=S)[S-])CC1.S=C([S-])N1CCN(C(=S)[S-])CC1.S=C([S-])N1CCN(C(=S)[S-])CC1.[Ni+2].[Ni+2].[O]=[Mo][O][Mo]=[O]. The van der Waals surface area contributed by atoms with Crippen molar-refractivity contribution in [3.8, 4) is 0 Å². The van der Waals surface area contributed by atoms with Gasteiger partial charge in [-0.05, 0) is 0 Å². The molecule has 0 atom stereocenters. The van der Waals surface area contributed by atoms with E-state index in [1.807, 2.05) is 39.2 Å². The van der Waals surface area contributed by atoms with Crippen LogP contribution in [-0.4, -0.2) is 178 Å². The van der Waals surface area contributed by atoms with Crippen molar-refractivity contribution in [1.29, 1.82) is 0 Å². The number of piperazine rings is 4. The second-order valence-electron chi connectivity index (χ2n) is 10.2. The summed E-state index contributed by atoms with van der Waals surface area (Å²) in [5.74, 6) is 0. The molecule has 0 unspecified atom stereocenters. The van der Waals surface area contributed by atoms with Crippen molar-refractivity contribution in [3.05, 3.63) is 0 Å². The van der Waals surface area contributed by atoms with Crippen molar-refractivity contribution in [2.75, 3.05) is 105 Å². The average Bonchev–Trinajstić information content (AvgIpc) is 3.13. The Morgan fingerprint density at radius 1 is 0.309 bits per heavy atom. The first-order valence-corrected chi connectivity index (χ1v) is 24.6. The van der Waals surface area contributed by atoms with Crippen molar-refractivity contribution in [1.82, 2.24) is 39.2 Å². The van der Waals surface area contributed by atoms with Crippen LogP contribution in [0.2, 0.25) is 0 Å². The van der Waals surface area contributed by atoms with Crippen LogP contribution in [0.1, 0.15) is 0 Å². The van der Waals surface area contributed by atoms with E-state index in [1.165, 1.54) is 0 Å². The van der Waals surface area contributed by atoms with E-state index >= 15 is 0 Å². The number of hydrogen-bond donors (Lipinski definition) is 0. The Bertz CT molecular complexity index is 1020. The van der Waals surface area contributed by atoms with Crippen molar-refractivity contribution >= 4 is 233 Å². The van der Waals surface area contributed by atoms with E-state index in [2.05, 4.69) is 2.04 Å². The van der Waals surface area contributed by atoms with Crippen LogP contribution < -0.4 is 0 Å². The van der Waals surface area contributed by atoms with Gasteiger partial charge in [0.1, 0.15) is 0 Å². The molecule has 0 N–H and O–H groups in total. The fourth-order valence-corrected chi connectivity index (χ4v) is 7.60. The molecule has 4 saturated heterocycles. The molecule has 4 heterocycles. The third kappa shape index (κ3) is 28.9. The third-order valence-electron chi connectivity index (χ3n) is 7.24. The Morgan fingerprint density at radius 3 is 0.436 bits per heavy atom. The summed E-state index contributed by atoms with van der Waals surface area (Å²) in [7, 11) is 0. The van der Waals surface area contributed by atoms with Gasteiger partial charge in [0, 0.05) is 105 Å². The van der Waals surface area contributed by atoms with E-state index in [-0.39, 0.29) is 33.0 Å². The molecule has 318 valence electrons. The standard InChI is InChI=1S/4C6H10N2S4.2Mo.2Ni.3O/c4*9-5(10)7-1-2-8(4-3-7)6(11)12;;;;;;;/h4*1-4H2,(H,9,10)(H,11,12);;;;;;;/q;;;;;;2*+2;;;/p-8. The topological polar surface area (TPSA) is 69.3 Å². The summed E-state index contributed by atoms with van der Waals surface area (Å²) in [6.45, 7) is 13.5. The van der Waals surface area contributed by atoms with Crippen LogP contribution in [0.3, 0.4) is 0 Å². The van der Waals surface area contributed by atoms with Crippen molar-refractivity contribution in [3.63, 3.8) is 0 Å². The molecule has 0 aliphatic carbocycles. The molecule has 4 fully saturated rings. The van der Waals surface area contributed by atoms with Crippen LogP contribution in [0, 0.1) is 0 Å². The van der Waals surface area contributed by atoms with Gasteiger partial charge < -0.3 is 238 Å². The summed E-state index contributed by atoms with van der Waals surface area (Å²) in [6.07, 6.45) is 0. The zero-order valence-electron chi connectivity index (χ0n) is 28.1. The predicted octanol–water partition coefficient (Wildman–Crippen LogP) is 0.754. The second-order valence-corrected chi connectivity index (χ2v) is 21.5. The molecule has 4 aliphatic heterocycles. The molecule has 11 nitrogen and oxygen atoms in total. The number of thiocarbonyl (C=S) groups is 8. The van der Waals surface area contributed by atoms with Gasteiger partial charge in [0.15, 0.2) is 0 Å². The van der Waals surface area contributed by atoms with Crippen LogP contribution in [0.4, 0.5) is 0 Å². The van der Waals surface area contributed by atoms with Gasteiger partial charge in [-0.3, -0.25) is 0 Å². The van der Waals surface area contributed by atoms with E-state index in [4.69, 9.17) is 199 Å². The molecule has 0 saturated carbocycles. The van der Waals surface area contributed by atoms with E-state index in [1.54, 1.807) is 0 Å². The molecule has 55 heavy (non-hydrogen) atoms. The van der Waals surface area contributed by atoms with Crippen molar-refractivity contribution < 1.29 is 79.6 Å². The Morgan fingerprint density at radius 2 is 0.400 bits per heavy atom. The molecular formula is C24H32Mo2N8Ni2O3S16-4. The molecule has 4 rings (SSSR count). The number of nitrogens with zero attached hydrogens (tertiary/aromatic N) is 8. The second kappa shape index (κ2) is 36.3. The molecule has 0 aromatic carbocycles. The fraction of sp³-hybridized carbons (Fsp3) is 0.667. The Kier molecular flexibility index (Phi) is 41.0. The molecule has 0 radical (unpaired) electrons. The molecule has 31 heteroatoms. The third-order valence-corrected chi connectivity index (χ3v) is 13.3. The summed E-state index contributed by atoms with van der Waals surface area (Å²) >= 11 is 75.1. The zero-order chi connectivity index (χ0) is 40.7. The van der Waals surface area contributed by atoms with Crippen LogP contribution in [-0.2, 0) is 181 Å². The number of hydrogen-bond acceptors (Lipinski definition) is 19. The first kappa shape index (κ1) is 62.1. The summed E-state index contributed by atoms with van der Waals surface area (Å²) in [4.78, 5) is 16.0. The Balaban J connectivity index is -0.000000622. The van der Waals surface area contributed by atoms with Crippen LogP contribution >= 0.6 is 97.7 Å². The van der Waals surface area contributed by atoms with E-state index in [0.717, 1.165) is 105 Å². The van der Waals surface area contributed by atoms with Crippen LogP contribution in [0.5, 0.6) is 0 Å². The van der Waals surface area contributed by atoms with Crippen molar-refractivity contribution in [2.24, 2.45) is 0 Å². The minimum absolute atomic E-state index is 0. The van der Waals surface area contributed by atoms with Gasteiger partial charge in [-0.2, -0.15) is 0 Å². The molecule has 0 aromatic rings. The Hall–Kier alpha value is 2.80. The summed E-state index contributed by atoms with van der Waals surface area (Å²) in [6, 6.07) is 0. The van der Waals surface area contributed by atoms with Gasteiger partial charge in [0.2, 0.25) is 0 Å². The molecule has 0 spiro atoms. The fourth-order valence-electron chi connectivity index (χ4n) is 4.30. The van der Waals surface area contributed by atoms with Crippen molar-refractivity contribution in [2.45, 2.75) is 0 Å². The van der Waals surface area contributed by atoms with E-state index < -0.39 is 37.8 Å². The first-order chi connectivity index (χ1) is 24.9. The van der Waals surface area contributed by atoms with Gasteiger partial charge in [-0.25, -0.2) is 0 Å². The van der Waals surface area contributed by atoms with Gasteiger partial charge in [0.05, 0.1) is 0 Å². The van der Waals surface area contributed by atoms with Gasteiger partial charge in [0.25, 0.3) is 0 Å². The zero-order valence-corrected chi connectivity index (χ0v) is 47.2. The molecule has 4 aliphatic rings. The van der Waals surface area contributed by atoms with E-state index in [9.17, 15) is 6.80 Å².